The van der Waals surface area contributed by atoms with Gasteiger partial charge < -0.3 is 24.5 Å². The third-order valence-electron chi connectivity index (χ3n) is 3.94. The summed E-state index contributed by atoms with van der Waals surface area (Å²) in [5.41, 5.74) is 2.37. The molecule has 0 unspecified atom stereocenters. The zero-order valence-electron chi connectivity index (χ0n) is 15.3. The van der Waals surface area contributed by atoms with Crippen molar-refractivity contribution < 1.29 is 14.1 Å². The van der Waals surface area contributed by atoms with Gasteiger partial charge in [-0.2, -0.15) is 4.98 Å². The largest absolute Gasteiger partial charge is 0.383 e. The van der Waals surface area contributed by atoms with Crippen LogP contribution in [0, 0.1) is 0 Å². The number of benzene rings is 1. The predicted molar refractivity (Wildman–Crippen MR) is 99.1 cm³/mol. The van der Waals surface area contributed by atoms with Crippen LogP contribution >= 0.6 is 0 Å². The second-order valence-corrected chi connectivity index (χ2v) is 5.83. The summed E-state index contributed by atoms with van der Waals surface area (Å²) in [5, 5.41) is 9.48. The fourth-order valence-electron chi connectivity index (χ4n) is 2.44. The van der Waals surface area contributed by atoms with Crippen molar-refractivity contribution in [2.75, 3.05) is 19.0 Å². The quantitative estimate of drug-likeness (QED) is 0.631. The first-order valence-electron chi connectivity index (χ1n) is 8.65. The van der Waals surface area contributed by atoms with Crippen LogP contribution in [0.4, 0.5) is 10.5 Å². The van der Waals surface area contributed by atoms with Crippen molar-refractivity contribution in [2.24, 2.45) is 0 Å². The summed E-state index contributed by atoms with van der Waals surface area (Å²) in [7, 11) is 1.65. The molecule has 3 aromatic rings. The molecule has 27 heavy (non-hydrogen) atoms. The highest BCUT2D eigenvalue weighted by atomic mass is 16.5. The summed E-state index contributed by atoms with van der Waals surface area (Å²) < 4.78 is 12.2. The van der Waals surface area contributed by atoms with Crippen LogP contribution in [-0.4, -0.2) is 39.4 Å². The topological polar surface area (TPSA) is 107 Å². The maximum absolute atomic E-state index is 12.1. The van der Waals surface area contributed by atoms with Crippen molar-refractivity contribution in [3.05, 3.63) is 48.3 Å². The van der Waals surface area contributed by atoms with Gasteiger partial charge in [0.1, 0.15) is 0 Å². The Morgan fingerprint density at radius 2 is 2.11 bits per heavy atom. The molecule has 0 spiro atoms. The van der Waals surface area contributed by atoms with Crippen LogP contribution < -0.4 is 10.6 Å². The number of nitrogens with one attached hydrogen (secondary N) is 2. The average Bonchev–Trinajstić information content (AvgIpc) is 3.34. The number of aryl methyl sites for hydroxylation is 1. The number of aromatic nitrogens is 4. The molecule has 0 aliphatic heterocycles. The number of anilines is 1. The molecular formula is C18H22N6O3. The minimum Gasteiger partial charge on any atom is -0.383 e. The molecule has 0 aliphatic carbocycles. The number of ether oxygens (including phenoxy) is 1. The summed E-state index contributed by atoms with van der Waals surface area (Å²) >= 11 is 0. The molecule has 2 aromatic heterocycles. The fraction of sp³-hybridized carbons (Fsp3) is 0.333. The van der Waals surface area contributed by atoms with E-state index in [-0.39, 0.29) is 6.03 Å². The standard InChI is InChI=1S/C18H22N6O3/c1-3-16-22-17(27-23-16)13-4-6-14(7-5-13)21-18(25)20-11-15-10-19-12-24(15)8-9-26-2/h4-7,10,12H,3,8-9,11H2,1-2H3,(H2,20,21,25). The predicted octanol–water partition coefficient (Wildman–Crippen LogP) is 2.46. The van der Waals surface area contributed by atoms with Crippen molar-refractivity contribution in [2.45, 2.75) is 26.4 Å². The molecule has 0 saturated heterocycles. The van der Waals surface area contributed by atoms with Gasteiger partial charge in [-0.15, -0.1) is 0 Å². The van der Waals surface area contributed by atoms with Crippen LogP contribution in [0.15, 0.2) is 41.3 Å². The van der Waals surface area contributed by atoms with Gasteiger partial charge in [0, 0.05) is 37.5 Å². The van der Waals surface area contributed by atoms with Crippen LogP contribution in [0.25, 0.3) is 11.5 Å². The molecular weight excluding hydrogens is 348 g/mol. The maximum atomic E-state index is 12.1. The molecule has 3 rings (SSSR count). The molecule has 2 amide bonds. The van der Waals surface area contributed by atoms with E-state index >= 15 is 0 Å². The van der Waals surface area contributed by atoms with E-state index in [1.807, 2.05) is 23.6 Å². The van der Waals surface area contributed by atoms with Crippen LogP contribution in [0.3, 0.4) is 0 Å². The first-order valence-corrected chi connectivity index (χ1v) is 8.65. The zero-order valence-corrected chi connectivity index (χ0v) is 15.3. The van der Waals surface area contributed by atoms with Crippen molar-refractivity contribution in [1.82, 2.24) is 25.0 Å². The lowest BCUT2D eigenvalue weighted by molar-refractivity contribution is 0.186. The normalized spacial score (nSPS) is 10.7. The highest BCUT2D eigenvalue weighted by molar-refractivity contribution is 5.89. The molecule has 1 aromatic carbocycles. The number of hydrogen-bond acceptors (Lipinski definition) is 6. The Hall–Kier alpha value is -3.20. The minimum atomic E-state index is -0.298. The van der Waals surface area contributed by atoms with E-state index in [4.69, 9.17) is 9.26 Å². The number of carbonyl (C=O) groups is 1. The highest BCUT2D eigenvalue weighted by Gasteiger charge is 2.09. The first-order chi connectivity index (χ1) is 13.2. The third kappa shape index (κ3) is 4.91. The van der Waals surface area contributed by atoms with E-state index in [2.05, 4.69) is 25.8 Å². The molecule has 0 atom stereocenters. The Morgan fingerprint density at radius 3 is 2.81 bits per heavy atom. The van der Waals surface area contributed by atoms with E-state index < -0.39 is 0 Å². The number of nitrogens with zero attached hydrogens (tertiary/aromatic N) is 4. The number of rotatable bonds is 8. The molecule has 2 N–H and O–H groups in total. The molecule has 9 nitrogen and oxygen atoms in total. The summed E-state index contributed by atoms with van der Waals surface area (Å²) in [6, 6.07) is 6.92. The second-order valence-electron chi connectivity index (χ2n) is 5.83. The van der Waals surface area contributed by atoms with Gasteiger partial charge in [-0.25, -0.2) is 9.78 Å². The third-order valence-corrected chi connectivity index (χ3v) is 3.94. The molecule has 0 aliphatic rings. The molecule has 9 heteroatoms. The Morgan fingerprint density at radius 1 is 1.30 bits per heavy atom. The molecule has 142 valence electrons. The van der Waals surface area contributed by atoms with Crippen LogP contribution in [-0.2, 0) is 24.2 Å². The number of carbonyl (C=O) groups excluding carboxylic acids is 1. The van der Waals surface area contributed by atoms with E-state index in [0.717, 1.165) is 11.3 Å². The fourth-order valence-corrected chi connectivity index (χ4v) is 2.44. The smallest absolute Gasteiger partial charge is 0.319 e. The van der Waals surface area contributed by atoms with Crippen molar-refractivity contribution >= 4 is 11.7 Å². The molecule has 0 saturated carbocycles. The van der Waals surface area contributed by atoms with Crippen LogP contribution in [0.1, 0.15) is 18.4 Å². The number of imidazole rings is 1. The van der Waals surface area contributed by atoms with E-state index in [0.29, 0.717) is 43.5 Å². The summed E-state index contributed by atoms with van der Waals surface area (Å²) in [5.74, 6) is 1.13. The minimum absolute atomic E-state index is 0.298. The van der Waals surface area contributed by atoms with Gasteiger partial charge in [0.05, 0.1) is 25.2 Å². The lowest BCUT2D eigenvalue weighted by atomic mass is 10.2. The lowest BCUT2D eigenvalue weighted by Gasteiger charge is -2.10. The van der Waals surface area contributed by atoms with Gasteiger partial charge in [-0.1, -0.05) is 12.1 Å². The second kappa shape index (κ2) is 8.95. The zero-order chi connectivity index (χ0) is 19.1. The van der Waals surface area contributed by atoms with Gasteiger partial charge in [-0.3, -0.25) is 0 Å². The SMILES string of the molecule is CCc1noc(-c2ccc(NC(=O)NCc3cncn3CCOC)cc2)n1. The number of urea groups is 1. The van der Waals surface area contributed by atoms with E-state index in [1.165, 1.54) is 0 Å². The van der Waals surface area contributed by atoms with E-state index in [1.54, 1.807) is 31.8 Å². The van der Waals surface area contributed by atoms with Crippen molar-refractivity contribution in [3.8, 4) is 11.5 Å². The Balaban J connectivity index is 1.53. The first kappa shape index (κ1) is 18.6. The Bertz CT molecular complexity index is 871. The average molecular weight is 370 g/mol. The van der Waals surface area contributed by atoms with Crippen molar-refractivity contribution in [1.29, 1.82) is 0 Å². The maximum Gasteiger partial charge on any atom is 0.319 e. The van der Waals surface area contributed by atoms with Gasteiger partial charge in [0.25, 0.3) is 5.89 Å². The van der Waals surface area contributed by atoms with Gasteiger partial charge in [0.2, 0.25) is 0 Å². The van der Waals surface area contributed by atoms with Gasteiger partial charge >= 0.3 is 6.03 Å². The van der Waals surface area contributed by atoms with Gasteiger partial charge in [-0.05, 0) is 24.3 Å². The van der Waals surface area contributed by atoms with Gasteiger partial charge in [0.15, 0.2) is 5.82 Å². The van der Waals surface area contributed by atoms with E-state index in [9.17, 15) is 4.79 Å². The molecule has 0 radical (unpaired) electrons. The number of amides is 2. The summed E-state index contributed by atoms with van der Waals surface area (Å²) in [6.45, 7) is 3.61. The van der Waals surface area contributed by atoms with Crippen LogP contribution in [0.5, 0.6) is 0 Å². The number of methoxy groups -OCH3 is 1. The molecule has 2 heterocycles. The summed E-state index contributed by atoms with van der Waals surface area (Å²) in [4.78, 5) is 20.5. The Kier molecular flexibility index (Phi) is 6.16. The highest BCUT2D eigenvalue weighted by Crippen LogP contribution is 2.19. The summed E-state index contributed by atoms with van der Waals surface area (Å²) in [6.07, 6.45) is 4.15. The number of hydrogen-bond donors (Lipinski definition) is 2. The monoisotopic (exact) mass is 370 g/mol. The van der Waals surface area contributed by atoms with Crippen LogP contribution in [0.2, 0.25) is 0 Å². The van der Waals surface area contributed by atoms with Crippen molar-refractivity contribution in [3.63, 3.8) is 0 Å². The molecule has 0 fully saturated rings. The lowest BCUT2D eigenvalue weighted by Crippen LogP contribution is -2.29. The molecule has 0 bridgehead atoms. The Labute approximate surface area is 156 Å².